The summed E-state index contributed by atoms with van der Waals surface area (Å²) in [6.45, 7) is 2.91. The number of para-hydroxylation sites is 1. The van der Waals surface area contributed by atoms with Gasteiger partial charge in [0.05, 0.1) is 0 Å². The summed E-state index contributed by atoms with van der Waals surface area (Å²) < 4.78 is 5.24. The van der Waals surface area contributed by atoms with Crippen LogP contribution in [-0.2, 0) is 9.53 Å². The van der Waals surface area contributed by atoms with Gasteiger partial charge in [0.1, 0.15) is 6.61 Å². The first-order valence-electron chi connectivity index (χ1n) is 5.24. The van der Waals surface area contributed by atoms with Crippen LogP contribution in [0.5, 0.6) is 0 Å². The molecule has 1 atom stereocenters. The smallest absolute Gasteiger partial charge is 0.253 e. The SMILES string of the molecule is C[C@@H]1CCOCC(=O)N1c1ccccc1. The van der Waals surface area contributed by atoms with E-state index in [1.165, 1.54) is 0 Å². The Kier molecular flexibility index (Phi) is 3.02. The fourth-order valence-corrected chi connectivity index (χ4v) is 1.84. The van der Waals surface area contributed by atoms with Crippen LogP contribution in [0.1, 0.15) is 13.3 Å². The largest absolute Gasteiger partial charge is 0.372 e. The lowest BCUT2D eigenvalue weighted by Crippen LogP contribution is -2.38. The van der Waals surface area contributed by atoms with Crippen molar-refractivity contribution in [3.8, 4) is 0 Å². The average molecular weight is 205 g/mol. The maximum absolute atomic E-state index is 11.8. The van der Waals surface area contributed by atoms with Gasteiger partial charge in [-0.15, -0.1) is 0 Å². The summed E-state index contributed by atoms with van der Waals surface area (Å²) in [6, 6.07) is 9.97. The van der Waals surface area contributed by atoms with Crippen LogP contribution in [0, 0.1) is 0 Å². The standard InChI is InChI=1S/C12H15NO2/c1-10-7-8-15-9-12(14)13(10)11-5-3-2-4-6-11/h2-6,10H,7-9H2,1H3/t10-/m1/s1. The van der Waals surface area contributed by atoms with Crippen molar-refractivity contribution in [1.82, 2.24) is 0 Å². The predicted octanol–water partition coefficient (Wildman–Crippen LogP) is 1.83. The molecule has 0 spiro atoms. The van der Waals surface area contributed by atoms with Crippen molar-refractivity contribution in [3.05, 3.63) is 30.3 Å². The lowest BCUT2D eigenvalue weighted by atomic mass is 10.2. The number of carbonyl (C=O) groups is 1. The number of nitrogens with zero attached hydrogens (tertiary/aromatic N) is 1. The van der Waals surface area contributed by atoms with Gasteiger partial charge in [-0.1, -0.05) is 18.2 Å². The van der Waals surface area contributed by atoms with E-state index in [1.54, 1.807) is 0 Å². The van der Waals surface area contributed by atoms with Crippen LogP contribution in [0.25, 0.3) is 0 Å². The van der Waals surface area contributed by atoms with E-state index in [1.807, 2.05) is 35.2 Å². The Hall–Kier alpha value is -1.35. The predicted molar refractivity (Wildman–Crippen MR) is 58.8 cm³/mol. The van der Waals surface area contributed by atoms with Gasteiger partial charge in [0.15, 0.2) is 0 Å². The lowest BCUT2D eigenvalue weighted by molar-refractivity contribution is -0.122. The summed E-state index contributed by atoms with van der Waals surface area (Å²) in [5, 5.41) is 0. The Balaban J connectivity index is 2.28. The molecule has 80 valence electrons. The third-order valence-electron chi connectivity index (χ3n) is 2.65. The Morgan fingerprint density at radius 2 is 2.07 bits per heavy atom. The fourth-order valence-electron chi connectivity index (χ4n) is 1.84. The number of hydrogen-bond donors (Lipinski definition) is 0. The molecule has 0 bridgehead atoms. The maximum atomic E-state index is 11.8. The molecule has 1 heterocycles. The third kappa shape index (κ3) is 2.18. The highest BCUT2D eigenvalue weighted by Crippen LogP contribution is 2.20. The number of anilines is 1. The van der Waals surface area contributed by atoms with Crippen molar-refractivity contribution in [3.63, 3.8) is 0 Å². The van der Waals surface area contributed by atoms with Crippen LogP contribution in [0.4, 0.5) is 5.69 Å². The minimum Gasteiger partial charge on any atom is -0.372 e. The molecule has 1 aromatic carbocycles. The Labute approximate surface area is 89.7 Å². The van der Waals surface area contributed by atoms with Crippen LogP contribution in [0.2, 0.25) is 0 Å². The lowest BCUT2D eigenvalue weighted by Gasteiger charge is -2.26. The number of benzene rings is 1. The van der Waals surface area contributed by atoms with E-state index in [0.717, 1.165) is 12.1 Å². The first-order chi connectivity index (χ1) is 7.29. The number of ether oxygens (including phenoxy) is 1. The van der Waals surface area contributed by atoms with Gasteiger partial charge >= 0.3 is 0 Å². The molecule has 0 saturated carbocycles. The molecule has 15 heavy (non-hydrogen) atoms. The Morgan fingerprint density at radius 3 is 2.80 bits per heavy atom. The average Bonchev–Trinajstić information content (AvgIpc) is 2.41. The van der Waals surface area contributed by atoms with Crippen molar-refractivity contribution in [2.75, 3.05) is 18.1 Å². The zero-order valence-electron chi connectivity index (χ0n) is 8.85. The minimum atomic E-state index is 0.0474. The molecule has 2 rings (SSSR count). The quantitative estimate of drug-likeness (QED) is 0.700. The first kappa shape index (κ1) is 10.2. The minimum absolute atomic E-state index is 0.0474. The van der Waals surface area contributed by atoms with E-state index in [9.17, 15) is 4.79 Å². The van der Waals surface area contributed by atoms with Crippen LogP contribution in [0.3, 0.4) is 0 Å². The molecule has 3 heteroatoms. The summed E-state index contributed by atoms with van der Waals surface area (Å²) in [6.07, 6.45) is 0.890. The molecular weight excluding hydrogens is 190 g/mol. The summed E-state index contributed by atoms with van der Waals surface area (Å²) >= 11 is 0. The van der Waals surface area contributed by atoms with Crippen molar-refractivity contribution < 1.29 is 9.53 Å². The maximum Gasteiger partial charge on any atom is 0.253 e. The molecule has 1 aliphatic rings. The third-order valence-corrected chi connectivity index (χ3v) is 2.65. The van der Waals surface area contributed by atoms with Gasteiger partial charge in [-0.2, -0.15) is 0 Å². The van der Waals surface area contributed by atoms with Gasteiger partial charge in [-0.25, -0.2) is 0 Å². The normalized spacial score (nSPS) is 22.6. The van der Waals surface area contributed by atoms with E-state index in [2.05, 4.69) is 6.92 Å². The van der Waals surface area contributed by atoms with Crippen molar-refractivity contribution in [2.45, 2.75) is 19.4 Å². The molecular formula is C12H15NO2. The summed E-state index contributed by atoms with van der Waals surface area (Å²) in [7, 11) is 0. The molecule has 0 unspecified atom stereocenters. The van der Waals surface area contributed by atoms with Gasteiger partial charge in [0, 0.05) is 18.3 Å². The molecule has 3 nitrogen and oxygen atoms in total. The van der Waals surface area contributed by atoms with Crippen molar-refractivity contribution in [2.24, 2.45) is 0 Å². The molecule has 1 fully saturated rings. The molecule has 0 radical (unpaired) electrons. The highest BCUT2D eigenvalue weighted by Gasteiger charge is 2.24. The van der Waals surface area contributed by atoms with Gasteiger partial charge in [-0.05, 0) is 25.5 Å². The summed E-state index contributed by atoms with van der Waals surface area (Å²) in [4.78, 5) is 13.7. The van der Waals surface area contributed by atoms with Crippen LogP contribution in [-0.4, -0.2) is 25.2 Å². The highest BCUT2D eigenvalue weighted by atomic mass is 16.5. The van der Waals surface area contributed by atoms with E-state index < -0.39 is 0 Å². The van der Waals surface area contributed by atoms with Crippen LogP contribution >= 0.6 is 0 Å². The van der Waals surface area contributed by atoms with Crippen LogP contribution < -0.4 is 4.90 Å². The fraction of sp³-hybridized carbons (Fsp3) is 0.417. The van der Waals surface area contributed by atoms with E-state index in [-0.39, 0.29) is 18.6 Å². The molecule has 1 aliphatic heterocycles. The van der Waals surface area contributed by atoms with Crippen molar-refractivity contribution in [1.29, 1.82) is 0 Å². The molecule has 0 aromatic heterocycles. The Bertz CT molecular complexity index is 337. The van der Waals surface area contributed by atoms with Gasteiger partial charge in [0.2, 0.25) is 0 Å². The van der Waals surface area contributed by atoms with E-state index >= 15 is 0 Å². The molecule has 0 N–H and O–H groups in total. The monoisotopic (exact) mass is 205 g/mol. The highest BCUT2D eigenvalue weighted by molar-refractivity contribution is 5.95. The summed E-state index contributed by atoms with van der Waals surface area (Å²) in [5.41, 5.74) is 0.959. The number of rotatable bonds is 1. The second-order valence-electron chi connectivity index (χ2n) is 3.79. The summed E-state index contributed by atoms with van der Waals surface area (Å²) in [5.74, 6) is 0.0474. The molecule has 1 aromatic rings. The number of carbonyl (C=O) groups excluding carboxylic acids is 1. The topological polar surface area (TPSA) is 29.5 Å². The second-order valence-corrected chi connectivity index (χ2v) is 3.79. The number of hydrogen-bond acceptors (Lipinski definition) is 2. The number of amides is 1. The molecule has 1 amide bonds. The van der Waals surface area contributed by atoms with E-state index in [0.29, 0.717) is 6.61 Å². The van der Waals surface area contributed by atoms with E-state index in [4.69, 9.17) is 4.74 Å². The first-order valence-corrected chi connectivity index (χ1v) is 5.24. The molecule has 1 saturated heterocycles. The van der Waals surface area contributed by atoms with Gasteiger partial charge < -0.3 is 9.64 Å². The van der Waals surface area contributed by atoms with Crippen LogP contribution in [0.15, 0.2) is 30.3 Å². The zero-order valence-corrected chi connectivity index (χ0v) is 8.85. The Morgan fingerprint density at radius 1 is 1.33 bits per heavy atom. The van der Waals surface area contributed by atoms with Crippen molar-refractivity contribution >= 4 is 11.6 Å². The molecule has 0 aliphatic carbocycles. The van der Waals surface area contributed by atoms with Gasteiger partial charge in [-0.3, -0.25) is 4.79 Å². The van der Waals surface area contributed by atoms with Gasteiger partial charge in [0.25, 0.3) is 5.91 Å². The second kappa shape index (κ2) is 4.45. The zero-order chi connectivity index (χ0) is 10.7.